The van der Waals surface area contributed by atoms with E-state index in [1.54, 1.807) is 24.3 Å². The molecule has 6 heteroatoms. The Kier molecular flexibility index (Phi) is 5.06. The molecular formula is C24H19FN2O3. The predicted octanol–water partition coefficient (Wildman–Crippen LogP) is 4.54. The van der Waals surface area contributed by atoms with Crippen molar-refractivity contribution in [2.75, 3.05) is 17.3 Å². The fourth-order valence-electron chi connectivity index (χ4n) is 3.38. The van der Waals surface area contributed by atoms with Crippen molar-refractivity contribution in [2.45, 2.75) is 6.92 Å². The van der Waals surface area contributed by atoms with E-state index in [1.165, 1.54) is 31.4 Å². The second kappa shape index (κ2) is 7.83. The third-order valence-electron chi connectivity index (χ3n) is 4.82. The first-order valence-electron chi connectivity index (χ1n) is 9.34. The number of hydrogen-bond donors (Lipinski definition) is 1. The van der Waals surface area contributed by atoms with Gasteiger partial charge in [-0.3, -0.25) is 9.59 Å². The molecule has 30 heavy (non-hydrogen) atoms. The molecule has 1 aliphatic heterocycles. The molecule has 0 spiro atoms. The van der Waals surface area contributed by atoms with Crippen LogP contribution in [0, 0.1) is 12.7 Å². The Labute approximate surface area is 173 Å². The number of anilines is 2. The van der Waals surface area contributed by atoms with E-state index in [1.807, 2.05) is 31.2 Å². The zero-order valence-electron chi connectivity index (χ0n) is 16.5. The zero-order valence-corrected chi connectivity index (χ0v) is 16.5. The molecule has 0 aliphatic carbocycles. The molecule has 1 aliphatic rings. The van der Waals surface area contributed by atoms with E-state index >= 15 is 0 Å². The fraction of sp³-hybridized carbons (Fsp3) is 0.0833. The molecule has 0 saturated carbocycles. The molecule has 0 bridgehead atoms. The number of imide groups is 1. The Morgan fingerprint density at radius 3 is 2.33 bits per heavy atom. The van der Waals surface area contributed by atoms with Crippen LogP contribution in [0.3, 0.4) is 0 Å². The maximum absolute atomic E-state index is 13.5. The van der Waals surface area contributed by atoms with E-state index in [0.29, 0.717) is 22.7 Å². The summed E-state index contributed by atoms with van der Waals surface area (Å²) < 4.78 is 18.7. The molecule has 0 saturated heterocycles. The van der Waals surface area contributed by atoms with Crippen molar-refractivity contribution in [3.63, 3.8) is 0 Å². The number of ether oxygens (including phenoxy) is 1. The standard InChI is InChI=1S/C24H19FN2O3/c1-15-5-3-6-18(13-15)26-22-21(16-9-11-17(25)12-10-16)23(28)27(24(22)29)19-7-4-8-20(14-19)30-2/h3-14,26H,1-2H3. The van der Waals surface area contributed by atoms with E-state index in [9.17, 15) is 14.0 Å². The average molecular weight is 402 g/mol. The van der Waals surface area contributed by atoms with Crippen molar-refractivity contribution in [2.24, 2.45) is 0 Å². The van der Waals surface area contributed by atoms with E-state index in [4.69, 9.17) is 4.74 Å². The minimum absolute atomic E-state index is 0.139. The summed E-state index contributed by atoms with van der Waals surface area (Å²) in [5, 5.41) is 3.10. The third kappa shape index (κ3) is 3.55. The van der Waals surface area contributed by atoms with Crippen molar-refractivity contribution >= 4 is 28.8 Å². The van der Waals surface area contributed by atoms with Gasteiger partial charge in [-0.15, -0.1) is 0 Å². The lowest BCUT2D eigenvalue weighted by Gasteiger charge is -2.16. The smallest absolute Gasteiger partial charge is 0.282 e. The van der Waals surface area contributed by atoms with Crippen molar-refractivity contribution < 1.29 is 18.7 Å². The number of hydrogen-bond acceptors (Lipinski definition) is 4. The molecule has 0 unspecified atom stereocenters. The van der Waals surface area contributed by atoms with Gasteiger partial charge in [0.25, 0.3) is 11.8 Å². The summed E-state index contributed by atoms with van der Waals surface area (Å²) >= 11 is 0. The van der Waals surface area contributed by atoms with Gasteiger partial charge in [0.05, 0.1) is 18.4 Å². The molecule has 0 fully saturated rings. The number of nitrogens with zero attached hydrogens (tertiary/aromatic N) is 1. The molecule has 3 aromatic carbocycles. The molecule has 4 rings (SSSR count). The van der Waals surface area contributed by atoms with Gasteiger partial charge in [0.2, 0.25) is 0 Å². The van der Waals surface area contributed by atoms with E-state index < -0.39 is 17.6 Å². The van der Waals surface area contributed by atoms with Gasteiger partial charge in [0, 0.05) is 11.8 Å². The first-order chi connectivity index (χ1) is 14.5. The Morgan fingerprint density at radius 1 is 0.900 bits per heavy atom. The minimum atomic E-state index is -0.492. The van der Waals surface area contributed by atoms with Gasteiger partial charge in [-0.1, -0.05) is 30.3 Å². The number of benzene rings is 3. The number of amides is 2. The number of nitrogens with one attached hydrogen (secondary N) is 1. The molecule has 0 atom stereocenters. The van der Waals surface area contributed by atoms with Crippen LogP contribution in [0.15, 0.2) is 78.5 Å². The number of aryl methyl sites for hydroxylation is 1. The number of carbonyl (C=O) groups excluding carboxylic acids is 2. The molecule has 1 N–H and O–H groups in total. The largest absolute Gasteiger partial charge is 0.497 e. The maximum atomic E-state index is 13.5. The summed E-state index contributed by atoms with van der Waals surface area (Å²) in [6, 6.07) is 19.7. The number of halogens is 1. The van der Waals surface area contributed by atoms with Crippen LogP contribution in [0.1, 0.15) is 11.1 Å². The first-order valence-corrected chi connectivity index (χ1v) is 9.34. The van der Waals surface area contributed by atoms with Crippen LogP contribution in [-0.2, 0) is 9.59 Å². The van der Waals surface area contributed by atoms with Crippen LogP contribution in [0.4, 0.5) is 15.8 Å². The highest BCUT2D eigenvalue weighted by atomic mass is 19.1. The van der Waals surface area contributed by atoms with Gasteiger partial charge >= 0.3 is 0 Å². The lowest BCUT2D eigenvalue weighted by molar-refractivity contribution is -0.120. The Balaban J connectivity index is 1.82. The number of methoxy groups -OCH3 is 1. The lowest BCUT2D eigenvalue weighted by atomic mass is 10.0. The fourth-order valence-corrected chi connectivity index (χ4v) is 3.38. The van der Waals surface area contributed by atoms with Crippen molar-refractivity contribution in [3.05, 3.63) is 95.4 Å². The monoisotopic (exact) mass is 402 g/mol. The summed E-state index contributed by atoms with van der Waals surface area (Å²) in [5.41, 5.74) is 2.85. The third-order valence-corrected chi connectivity index (χ3v) is 4.82. The Bertz CT molecular complexity index is 1170. The van der Waals surface area contributed by atoms with Crippen LogP contribution < -0.4 is 15.0 Å². The lowest BCUT2D eigenvalue weighted by Crippen LogP contribution is -2.32. The molecular weight excluding hydrogens is 383 g/mol. The number of rotatable bonds is 5. The molecule has 5 nitrogen and oxygen atoms in total. The molecule has 150 valence electrons. The van der Waals surface area contributed by atoms with Crippen LogP contribution in [0.25, 0.3) is 5.57 Å². The topological polar surface area (TPSA) is 58.6 Å². The van der Waals surface area contributed by atoms with Crippen LogP contribution in [-0.4, -0.2) is 18.9 Å². The van der Waals surface area contributed by atoms with Gasteiger partial charge < -0.3 is 10.1 Å². The van der Waals surface area contributed by atoms with Gasteiger partial charge in [-0.25, -0.2) is 9.29 Å². The summed E-state index contributed by atoms with van der Waals surface area (Å²) in [6.45, 7) is 1.94. The van der Waals surface area contributed by atoms with Crippen molar-refractivity contribution in [3.8, 4) is 5.75 Å². The Hall–Kier alpha value is -3.93. The highest BCUT2D eigenvalue weighted by Gasteiger charge is 2.40. The minimum Gasteiger partial charge on any atom is -0.497 e. The van der Waals surface area contributed by atoms with Crippen LogP contribution in [0.5, 0.6) is 5.75 Å². The summed E-state index contributed by atoms with van der Waals surface area (Å²) in [5.74, 6) is -0.880. The highest BCUT2D eigenvalue weighted by molar-refractivity contribution is 6.46. The summed E-state index contributed by atoms with van der Waals surface area (Å²) in [4.78, 5) is 27.8. The van der Waals surface area contributed by atoms with Crippen LogP contribution >= 0.6 is 0 Å². The van der Waals surface area contributed by atoms with E-state index in [0.717, 1.165) is 10.5 Å². The summed E-state index contributed by atoms with van der Waals surface area (Å²) in [6.07, 6.45) is 0. The van der Waals surface area contributed by atoms with Gasteiger partial charge in [0.1, 0.15) is 17.3 Å². The molecule has 1 heterocycles. The van der Waals surface area contributed by atoms with Crippen molar-refractivity contribution in [1.82, 2.24) is 0 Å². The SMILES string of the molecule is COc1cccc(N2C(=O)C(Nc3cccc(C)c3)=C(c3ccc(F)cc3)C2=O)c1. The average Bonchev–Trinajstić information content (AvgIpc) is 2.98. The maximum Gasteiger partial charge on any atom is 0.282 e. The second-order valence-corrected chi connectivity index (χ2v) is 6.90. The van der Waals surface area contributed by atoms with Crippen molar-refractivity contribution in [1.29, 1.82) is 0 Å². The highest BCUT2D eigenvalue weighted by Crippen LogP contribution is 2.35. The van der Waals surface area contributed by atoms with Crippen LogP contribution in [0.2, 0.25) is 0 Å². The van der Waals surface area contributed by atoms with E-state index in [-0.39, 0.29) is 11.3 Å². The normalized spacial score (nSPS) is 13.8. The quantitative estimate of drug-likeness (QED) is 0.637. The predicted molar refractivity (Wildman–Crippen MR) is 114 cm³/mol. The van der Waals surface area contributed by atoms with Gasteiger partial charge in [-0.2, -0.15) is 0 Å². The molecule has 3 aromatic rings. The zero-order chi connectivity index (χ0) is 21.3. The van der Waals surface area contributed by atoms with Gasteiger partial charge in [-0.05, 0) is 54.4 Å². The number of carbonyl (C=O) groups is 2. The summed E-state index contributed by atoms with van der Waals surface area (Å²) in [7, 11) is 1.51. The first kappa shape index (κ1) is 19.4. The molecule has 0 radical (unpaired) electrons. The van der Waals surface area contributed by atoms with E-state index in [2.05, 4.69) is 5.32 Å². The Morgan fingerprint density at radius 2 is 1.63 bits per heavy atom. The molecule has 0 aromatic heterocycles. The molecule has 2 amide bonds. The van der Waals surface area contributed by atoms with Gasteiger partial charge in [0.15, 0.2) is 0 Å². The second-order valence-electron chi connectivity index (χ2n) is 6.90.